The van der Waals surface area contributed by atoms with Gasteiger partial charge in [-0.3, -0.25) is 0 Å². The van der Waals surface area contributed by atoms with Crippen LogP contribution in [0.5, 0.6) is 0 Å². The summed E-state index contributed by atoms with van der Waals surface area (Å²) in [5.41, 5.74) is 3.24. The van der Waals surface area contributed by atoms with Crippen LogP contribution in [0.25, 0.3) is 10.8 Å². The summed E-state index contributed by atoms with van der Waals surface area (Å²) in [4.78, 5) is 1.17. The fourth-order valence-electron chi connectivity index (χ4n) is 5.52. The van der Waals surface area contributed by atoms with Crippen molar-refractivity contribution in [1.29, 1.82) is 0 Å². The molecule has 0 aromatic heterocycles. The summed E-state index contributed by atoms with van der Waals surface area (Å²) < 4.78 is 32.7. The molecule has 1 fully saturated rings. The number of fused-ring (bicyclic) bond motifs is 1. The Kier molecular flexibility index (Phi) is 10.7. The molecule has 0 N–H and O–H groups in total. The van der Waals surface area contributed by atoms with Crippen molar-refractivity contribution in [2.75, 3.05) is 12.9 Å². The summed E-state index contributed by atoms with van der Waals surface area (Å²) in [5.74, 6) is 0.670. The molecular formula is C38H38O5S. The van der Waals surface area contributed by atoms with Crippen molar-refractivity contribution in [2.24, 2.45) is 0 Å². The van der Waals surface area contributed by atoms with Crippen LogP contribution in [0, 0.1) is 0 Å². The van der Waals surface area contributed by atoms with Crippen molar-refractivity contribution in [3.8, 4) is 0 Å². The van der Waals surface area contributed by atoms with Gasteiger partial charge in [0.1, 0.15) is 18.3 Å². The van der Waals surface area contributed by atoms with Gasteiger partial charge in [-0.25, -0.2) is 0 Å². The lowest BCUT2D eigenvalue weighted by Crippen LogP contribution is -2.61. The van der Waals surface area contributed by atoms with Crippen LogP contribution in [0.4, 0.5) is 0 Å². The molecule has 44 heavy (non-hydrogen) atoms. The predicted octanol–water partition coefficient (Wildman–Crippen LogP) is 8.06. The zero-order valence-corrected chi connectivity index (χ0v) is 25.7. The minimum Gasteiger partial charge on any atom is -0.368 e. The van der Waals surface area contributed by atoms with Gasteiger partial charge in [0.25, 0.3) is 0 Å². The van der Waals surface area contributed by atoms with Gasteiger partial charge in [0, 0.05) is 17.8 Å². The molecule has 1 aliphatic heterocycles. The Balaban J connectivity index is 1.29. The standard InChI is InChI=1S/C38H38O5S/c1-39-38-37(42-25-29-15-7-3-8-16-29)36(41-24-28-13-5-2-6-14-28)35(34(43-38)27-44-33-19-9-4-10-20-33)40-26-30-21-22-31-17-11-12-18-32(31)23-30/h2-23,34-38H,24-27H2,1H3/t34-,35-,36+,37-,38+/m1/s1. The fraction of sp³-hybridized carbons (Fsp3) is 0.263. The van der Waals surface area contributed by atoms with Gasteiger partial charge in [-0.1, -0.05) is 115 Å². The molecule has 5 aromatic carbocycles. The van der Waals surface area contributed by atoms with Gasteiger partial charge in [-0.05, 0) is 45.7 Å². The quantitative estimate of drug-likeness (QED) is 0.126. The first kappa shape index (κ1) is 30.5. The van der Waals surface area contributed by atoms with Gasteiger partial charge >= 0.3 is 0 Å². The van der Waals surface area contributed by atoms with Crippen molar-refractivity contribution < 1.29 is 23.7 Å². The molecule has 5 aromatic rings. The van der Waals surface area contributed by atoms with Crippen LogP contribution in [0.2, 0.25) is 0 Å². The minimum atomic E-state index is -0.624. The molecule has 0 unspecified atom stereocenters. The molecule has 0 radical (unpaired) electrons. The highest BCUT2D eigenvalue weighted by molar-refractivity contribution is 7.99. The molecule has 0 saturated carbocycles. The summed E-state index contributed by atoms with van der Waals surface area (Å²) in [6.07, 6.45) is -2.29. The first-order chi connectivity index (χ1) is 21.8. The molecule has 5 atom stereocenters. The van der Waals surface area contributed by atoms with Gasteiger partial charge in [-0.2, -0.15) is 0 Å². The molecule has 1 aliphatic rings. The third kappa shape index (κ3) is 7.96. The smallest absolute Gasteiger partial charge is 0.186 e. The summed E-state index contributed by atoms with van der Waals surface area (Å²) in [7, 11) is 1.66. The topological polar surface area (TPSA) is 46.2 Å². The lowest BCUT2D eigenvalue weighted by molar-refractivity contribution is -0.313. The average Bonchev–Trinajstić information content (AvgIpc) is 3.09. The van der Waals surface area contributed by atoms with Crippen LogP contribution >= 0.6 is 11.8 Å². The highest BCUT2D eigenvalue weighted by atomic mass is 32.2. The van der Waals surface area contributed by atoms with Crippen LogP contribution in [0.15, 0.2) is 138 Å². The van der Waals surface area contributed by atoms with E-state index >= 15 is 0 Å². The number of hydrogen-bond acceptors (Lipinski definition) is 6. The van der Waals surface area contributed by atoms with Crippen molar-refractivity contribution in [3.05, 3.63) is 150 Å². The zero-order chi connectivity index (χ0) is 30.0. The summed E-state index contributed by atoms with van der Waals surface area (Å²) in [6, 6.07) is 45.5. The van der Waals surface area contributed by atoms with Crippen LogP contribution in [0.3, 0.4) is 0 Å². The molecule has 0 bridgehead atoms. The number of hydrogen-bond donors (Lipinski definition) is 0. The van der Waals surface area contributed by atoms with E-state index in [-0.39, 0.29) is 6.10 Å². The van der Waals surface area contributed by atoms with Crippen LogP contribution in [-0.2, 0) is 43.5 Å². The van der Waals surface area contributed by atoms with E-state index in [9.17, 15) is 0 Å². The third-order valence-electron chi connectivity index (χ3n) is 7.81. The van der Waals surface area contributed by atoms with Crippen molar-refractivity contribution >= 4 is 22.5 Å². The first-order valence-corrected chi connectivity index (χ1v) is 16.0. The molecule has 226 valence electrons. The number of thioether (sulfide) groups is 1. The molecular weight excluding hydrogens is 568 g/mol. The van der Waals surface area contributed by atoms with Crippen LogP contribution < -0.4 is 0 Å². The fourth-order valence-corrected chi connectivity index (χ4v) is 6.49. The predicted molar refractivity (Wildman–Crippen MR) is 175 cm³/mol. The van der Waals surface area contributed by atoms with Gasteiger partial charge < -0.3 is 23.7 Å². The molecule has 6 rings (SSSR count). The van der Waals surface area contributed by atoms with Gasteiger partial charge in [0.05, 0.1) is 25.9 Å². The maximum absolute atomic E-state index is 6.80. The first-order valence-electron chi connectivity index (χ1n) is 15.0. The van der Waals surface area contributed by atoms with E-state index in [1.54, 1.807) is 18.9 Å². The Labute approximate surface area is 264 Å². The SMILES string of the molecule is CO[C@H]1O[C@H](CSc2ccccc2)[C@@H](OCc2ccc3ccccc3c2)[C@H](OCc2ccccc2)[C@H]1OCc1ccccc1. The average molecular weight is 607 g/mol. The summed E-state index contributed by atoms with van der Waals surface area (Å²) in [5, 5.41) is 2.39. The van der Waals surface area contributed by atoms with Crippen molar-refractivity contribution in [3.63, 3.8) is 0 Å². The highest BCUT2D eigenvalue weighted by Crippen LogP contribution is 2.34. The third-order valence-corrected chi connectivity index (χ3v) is 8.91. The van der Waals surface area contributed by atoms with E-state index in [1.807, 2.05) is 42.5 Å². The van der Waals surface area contributed by atoms with Gasteiger partial charge in [-0.15, -0.1) is 11.8 Å². The Hall–Kier alpha value is -3.49. The molecule has 5 nitrogen and oxygen atoms in total. The Bertz CT molecular complexity index is 1570. The van der Waals surface area contributed by atoms with E-state index in [0.29, 0.717) is 25.6 Å². The lowest BCUT2D eigenvalue weighted by Gasteiger charge is -2.45. The monoisotopic (exact) mass is 606 g/mol. The number of rotatable bonds is 13. The van der Waals surface area contributed by atoms with E-state index in [2.05, 4.69) is 91.0 Å². The van der Waals surface area contributed by atoms with E-state index in [1.165, 1.54) is 15.7 Å². The highest BCUT2D eigenvalue weighted by Gasteiger charge is 2.48. The molecule has 0 spiro atoms. The van der Waals surface area contributed by atoms with Gasteiger partial charge in [0.2, 0.25) is 0 Å². The molecule has 6 heteroatoms. The normalized spacial score (nSPS) is 21.8. The van der Waals surface area contributed by atoms with E-state index < -0.39 is 24.6 Å². The van der Waals surface area contributed by atoms with Crippen LogP contribution in [0.1, 0.15) is 16.7 Å². The lowest BCUT2D eigenvalue weighted by atomic mass is 9.98. The number of ether oxygens (including phenoxy) is 5. The molecule has 1 saturated heterocycles. The Morgan fingerprint density at radius 1 is 0.545 bits per heavy atom. The zero-order valence-electron chi connectivity index (χ0n) is 24.9. The van der Waals surface area contributed by atoms with Crippen molar-refractivity contribution in [2.45, 2.75) is 55.4 Å². The second kappa shape index (κ2) is 15.5. The number of benzene rings is 5. The minimum absolute atomic E-state index is 0.303. The second-order valence-electron chi connectivity index (χ2n) is 10.9. The van der Waals surface area contributed by atoms with Gasteiger partial charge in [0.15, 0.2) is 6.29 Å². The summed E-state index contributed by atoms with van der Waals surface area (Å²) >= 11 is 1.74. The Morgan fingerprint density at radius 2 is 1.09 bits per heavy atom. The maximum atomic E-state index is 6.80. The molecule has 1 heterocycles. The summed E-state index contributed by atoms with van der Waals surface area (Å²) in [6.45, 7) is 1.24. The Morgan fingerprint density at radius 3 is 1.75 bits per heavy atom. The number of methoxy groups -OCH3 is 1. The van der Waals surface area contributed by atoms with E-state index in [4.69, 9.17) is 23.7 Å². The second-order valence-corrected chi connectivity index (χ2v) is 12.0. The molecule has 0 amide bonds. The largest absolute Gasteiger partial charge is 0.368 e. The van der Waals surface area contributed by atoms with Crippen LogP contribution in [-0.4, -0.2) is 43.6 Å². The van der Waals surface area contributed by atoms with Crippen molar-refractivity contribution in [1.82, 2.24) is 0 Å². The maximum Gasteiger partial charge on any atom is 0.186 e. The van der Waals surface area contributed by atoms with E-state index in [0.717, 1.165) is 16.7 Å². The molecule has 0 aliphatic carbocycles.